The fourth-order valence-corrected chi connectivity index (χ4v) is 3.31. The van der Waals surface area contributed by atoms with Crippen molar-refractivity contribution in [2.45, 2.75) is 46.1 Å². The van der Waals surface area contributed by atoms with Crippen LogP contribution in [-0.4, -0.2) is 6.54 Å². The molecular weight excluding hydrogens is 254 g/mol. The summed E-state index contributed by atoms with van der Waals surface area (Å²) in [6.45, 7) is 6.49. The first-order valence-electron chi connectivity index (χ1n) is 8.20. The monoisotopic (exact) mass is 279 g/mol. The van der Waals surface area contributed by atoms with Crippen molar-refractivity contribution >= 4 is 0 Å². The molecule has 21 heavy (non-hydrogen) atoms. The number of hydrogen-bond donors (Lipinski definition) is 1. The molecule has 0 fully saturated rings. The Labute approximate surface area is 128 Å². The van der Waals surface area contributed by atoms with Crippen molar-refractivity contribution in [2.75, 3.05) is 6.54 Å². The molecule has 2 aromatic rings. The number of hydrogen-bond acceptors (Lipinski definition) is 1. The van der Waals surface area contributed by atoms with Crippen LogP contribution in [0.5, 0.6) is 0 Å². The van der Waals surface area contributed by atoms with Crippen molar-refractivity contribution in [3.63, 3.8) is 0 Å². The molecule has 2 aromatic carbocycles. The summed E-state index contributed by atoms with van der Waals surface area (Å²) in [5.74, 6) is 0. The summed E-state index contributed by atoms with van der Waals surface area (Å²) in [7, 11) is 0. The molecule has 0 aromatic heterocycles. The maximum absolute atomic E-state index is 3.47. The van der Waals surface area contributed by atoms with Crippen LogP contribution in [0.25, 0.3) is 11.1 Å². The highest BCUT2D eigenvalue weighted by atomic mass is 14.8. The fraction of sp³-hybridized carbons (Fsp3) is 0.400. The summed E-state index contributed by atoms with van der Waals surface area (Å²) in [4.78, 5) is 0. The lowest BCUT2D eigenvalue weighted by atomic mass is 9.96. The third-order valence-corrected chi connectivity index (χ3v) is 4.46. The van der Waals surface area contributed by atoms with E-state index in [1.807, 2.05) is 0 Å². The van der Waals surface area contributed by atoms with Crippen LogP contribution in [-0.2, 0) is 19.4 Å². The fourth-order valence-electron chi connectivity index (χ4n) is 3.31. The first kappa shape index (κ1) is 14.3. The lowest BCUT2D eigenvalue weighted by Gasteiger charge is -2.11. The van der Waals surface area contributed by atoms with Gasteiger partial charge in [0.2, 0.25) is 0 Å². The second kappa shape index (κ2) is 6.44. The van der Waals surface area contributed by atoms with Crippen LogP contribution < -0.4 is 5.32 Å². The second-order valence-corrected chi connectivity index (χ2v) is 6.16. The van der Waals surface area contributed by atoms with Gasteiger partial charge in [0.15, 0.2) is 0 Å². The van der Waals surface area contributed by atoms with Crippen molar-refractivity contribution in [1.29, 1.82) is 0 Å². The number of benzene rings is 2. The van der Waals surface area contributed by atoms with Crippen molar-refractivity contribution in [1.82, 2.24) is 5.32 Å². The lowest BCUT2D eigenvalue weighted by molar-refractivity contribution is 0.675. The minimum absolute atomic E-state index is 0.971. The van der Waals surface area contributed by atoms with Gasteiger partial charge in [-0.05, 0) is 72.5 Å². The molecule has 3 rings (SSSR count). The Morgan fingerprint density at radius 2 is 1.86 bits per heavy atom. The SMILES string of the molecule is CCCNCc1ccc(-c2ccc3c(c2)CCC3)c(C)c1. The summed E-state index contributed by atoms with van der Waals surface area (Å²) in [5.41, 5.74) is 8.62. The van der Waals surface area contributed by atoms with Gasteiger partial charge in [0.25, 0.3) is 0 Å². The summed E-state index contributed by atoms with van der Waals surface area (Å²) >= 11 is 0. The molecule has 0 heterocycles. The van der Waals surface area contributed by atoms with E-state index in [0.717, 1.165) is 13.1 Å². The van der Waals surface area contributed by atoms with Gasteiger partial charge in [0.05, 0.1) is 0 Å². The van der Waals surface area contributed by atoms with Crippen molar-refractivity contribution < 1.29 is 0 Å². The van der Waals surface area contributed by atoms with E-state index in [9.17, 15) is 0 Å². The Morgan fingerprint density at radius 3 is 2.67 bits per heavy atom. The molecule has 1 aliphatic rings. The molecule has 110 valence electrons. The molecule has 1 nitrogen and oxygen atoms in total. The molecule has 0 spiro atoms. The third kappa shape index (κ3) is 3.19. The van der Waals surface area contributed by atoms with Crippen molar-refractivity contribution in [3.8, 4) is 11.1 Å². The predicted molar refractivity (Wildman–Crippen MR) is 90.6 cm³/mol. The smallest absolute Gasteiger partial charge is 0.0205 e. The van der Waals surface area contributed by atoms with Crippen LogP contribution in [0.2, 0.25) is 0 Å². The largest absolute Gasteiger partial charge is 0.313 e. The number of fused-ring (bicyclic) bond motifs is 1. The molecule has 1 N–H and O–H groups in total. The van der Waals surface area contributed by atoms with Crippen LogP contribution in [0.1, 0.15) is 42.0 Å². The van der Waals surface area contributed by atoms with Crippen LogP contribution in [0.3, 0.4) is 0 Å². The van der Waals surface area contributed by atoms with E-state index < -0.39 is 0 Å². The summed E-state index contributed by atoms with van der Waals surface area (Å²) < 4.78 is 0. The van der Waals surface area contributed by atoms with Crippen molar-refractivity contribution in [2.24, 2.45) is 0 Å². The summed E-state index contributed by atoms with van der Waals surface area (Å²) in [5, 5.41) is 3.47. The minimum atomic E-state index is 0.971. The Hall–Kier alpha value is -1.60. The Bertz CT molecular complexity index is 628. The van der Waals surface area contributed by atoms with Gasteiger partial charge >= 0.3 is 0 Å². The molecular formula is C20H25N. The van der Waals surface area contributed by atoms with E-state index in [0.29, 0.717) is 0 Å². The Morgan fingerprint density at radius 1 is 1.00 bits per heavy atom. The van der Waals surface area contributed by atoms with E-state index >= 15 is 0 Å². The minimum Gasteiger partial charge on any atom is -0.313 e. The van der Waals surface area contributed by atoms with E-state index in [1.165, 1.54) is 47.9 Å². The maximum atomic E-state index is 3.47. The van der Waals surface area contributed by atoms with E-state index in [-0.39, 0.29) is 0 Å². The highest BCUT2D eigenvalue weighted by molar-refractivity contribution is 5.69. The summed E-state index contributed by atoms with van der Waals surface area (Å²) in [6.07, 6.45) is 5.02. The van der Waals surface area contributed by atoms with Gasteiger partial charge in [0.1, 0.15) is 0 Å². The normalized spacial score (nSPS) is 13.4. The zero-order chi connectivity index (χ0) is 14.7. The molecule has 1 aliphatic carbocycles. The van der Waals surface area contributed by atoms with Gasteiger partial charge in [-0.2, -0.15) is 0 Å². The molecule has 0 unspecified atom stereocenters. The standard InChI is InChI=1S/C20H25N/c1-3-11-21-14-16-7-10-20(15(2)12-16)19-9-8-17-5-4-6-18(17)13-19/h7-10,12-13,21H,3-6,11,14H2,1-2H3. The Kier molecular flexibility index (Phi) is 4.40. The van der Waals surface area contributed by atoms with Crippen LogP contribution >= 0.6 is 0 Å². The number of nitrogens with one attached hydrogen (secondary N) is 1. The summed E-state index contributed by atoms with van der Waals surface area (Å²) in [6, 6.07) is 13.9. The number of aryl methyl sites for hydroxylation is 3. The molecule has 1 heteroatoms. The molecule has 0 atom stereocenters. The highest BCUT2D eigenvalue weighted by Crippen LogP contribution is 2.30. The third-order valence-electron chi connectivity index (χ3n) is 4.46. The lowest BCUT2D eigenvalue weighted by Crippen LogP contribution is -2.13. The van der Waals surface area contributed by atoms with Gasteiger partial charge in [0, 0.05) is 6.54 Å². The molecule has 0 amide bonds. The van der Waals surface area contributed by atoms with Crippen molar-refractivity contribution in [3.05, 3.63) is 58.7 Å². The molecule has 0 saturated carbocycles. The quantitative estimate of drug-likeness (QED) is 0.786. The van der Waals surface area contributed by atoms with Gasteiger partial charge in [-0.3, -0.25) is 0 Å². The average molecular weight is 279 g/mol. The topological polar surface area (TPSA) is 12.0 Å². The Balaban J connectivity index is 1.82. The average Bonchev–Trinajstić information content (AvgIpc) is 2.95. The van der Waals surface area contributed by atoms with Crippen LogP contribution in [0, 0.1) is 6.92 Å². The first-order valence-corrected chi connectivity index (χ1v) is 8.20. The van der Waals surface area contributed by atoms with Gasteiger partial charge < -0.3 is 5.32 Å². The molecule has 0 saturated heterocycles. The molecule has 0 aliphatic heterocycles. The maximum Gasteiger partial charge on any atom is 0.0205 e. The zero-order valence-corrected chi connectivity index (χ0v) is 13.2. The van der Waals surface area contributed by atoms with Crippen LogP contribution in [0.15, 0.2) is 36.4 Å². The predicted octanol–water partition coefficient (Wildman–Crippen LogP) is 4.65. The van der Waals surface area contributed by atoms with E-state index in [2.05, 4.69) is 55.6 Å². The highest BCUT2D eigenvalue weighted by Gasteiger charge is 2.12. The van der Waals surface area contributed by atoms with E-state index in [1.54, 1.807) is 11.1 Å². The van der Waals surface area contributed by atoms with Crippen LogP contribution in [0.4, 0.5) is 0 Å². The number of rotatable bonds is 5. The zero-order valence-electron chi connectivity index (χ0n) is 13.2. The molecule has 0 radical (unpaired) electrons. The van der Waals surface area contributed by atoms with Gasteiger partial charge in [-0.1, -0.05) is 43.3 Å². The molecule has 0 bridgehead atoms. The van der Waals surface area contributed by atoms with E-state index in [4.69, 9.17) is 0 Å². The first-order chi connectivity index (χ1) is 10.3. The van der Waals surface area contributed by atoms with Gasteiger partial charge in [-0.15, -0.1) is 0 Å². The van der Waals surface area contributed by atoms with Gasteiger partial charge in [-0.25, -0.2) is 0 Å². The second-order valence-electron chi connectivity index (χ2n) is 6.16.